The van der Waals surface area contributed by atoms with Crippen molar-refractivity contribution >= 4 is 17.0 Å². The molecule has 1 aromatic carbocycles. The maximum atomic E-state index is 8.89. The van der Waals surface area contributed by atoms with Crippen LogP contribution in [0.1, 0.15) is 10.7 Å². The first kappa shape index (κ1) is 11.1. The summed E-state index contributed by atoms with van der Waals surface area (Å²) in [6, 6.07) is 10.1. The SMILES string of the molecule is OCc1nc(CCNc2ccccc2)cs1. The average Bonchev–Trinajstić information content (AvgIpc) is 2.78. The predicted molar refractivity (Wildman–Crippen MR) is 66.7 cm³/mol. The highest BCUT2D eigenvalue weighted by Gasteiger charge is 2.00. The zero-order valence-corrected chi connectivity index (χ0v) is 9.70. The lowest BCUT2D eigenvalue weighted by atomic mass is 10.3. The van der Waals surface area contributed by atoms with E-state index in [-0.39, 0.29) is 6.61 Å². The molecule has 0 saturated carbocycles. The summed E-state index contributed by atoms with van der Waals surface area (Å²) < 4.78 is 0. The van der Waals surface area contributed by atoms with Crippen LogP contribution in [-0.2, 0) is 13.0 Å². The Labute approximate surface area is 98.8 Å². The first-order chi connectivity index (χ1) is 7.88. The molecule has 16 heavy (non-hydrogen) atoms. The molecule has 0 spiro atoms. The lowest BCUT2D eigenvalue weighted by molar-refractivity contribution is 0.281. The highest BCUT2D eigenvalue weighted by molar-refractivity contribution is 7.09. The number of hydrogen-bond acceptors (Lipinski definition) is 4. The summed E-state index contributed by atoms with van der Waals surface area (Å²) in [6.45, 7) is 0.898. The molecule has 0 unspecified atom stereocenters. The summed E-state index contributed by atoms with van der Waals surface area (Å²) in [7, 11) is 0. The Kier molecular flexibility index (Phi) is 3.91. The minimum Gasteiger partial charge on any atom is -0.389 e. The summed E-state index contributed by atoms with van der Waals surface area (Å²) in [5.41, 5.74) is 2.16. The third kappa shape index (κ3) is 3.05. The molecule has 2 rings (SSSR count). The van der Waals surface area contributed by atoms with Gasteiger partial charge in [0.05, 0.1) is 12.3 Å². The van der Waals surface area contributed by atoms with Crippen LogP contribution in [0.15, 0.2) is 35.7 Å². The van der Waals surface area contributed by atoms with E-state index in [1.54, 1.807) is 0 Å². The maximum Gasteiger partial charge on any atom is 0.118 e. The van der Waals surface area contributed by atoms with Crippen molar-refractivity contribution in [3.05, 3.63) is 46.4 Å². The maximum absolute atomic E-state index is 8.89. The fraction of sp³-hybridized carbons (Fsp3) is 0.250. The van der Waals surface area contributed by atoms with E-state index in [0.717, 1.165) is 29.4 Å². The first-order valence-electron chi connectivity index (χ1n) is 5.21. The molecule has 0 fully saturated rings. The van der Waals surface area contributed by atoms with Crippen LogP contribution >= 0.6 is 11.3 Å². The molecule has 0 amide bonds. The van der Waals surface area contributed by atoms with E-state index >= 15 is 0 Å². The van der Waals surface area contributed by atoms with Gasteiger partial charge in [-0.3, -0.25) is 0 Å². The Morgan fingerprint density at radius 1 is 1.25 bits per heavy atom. The fourth-order valence-electron chi connectivity index (χ4n) is 1.43. The number of aliphatic hydroxyl groups is 1. The third-order valence-corrected chi connectivity index (χ3v) is 3.10. The Morgan fingerprint density at radius 3 is 2.75 bits per heavy atom. The number of nitrogens with zero attached hydrogens (tertiary/aromatic N) is 1. The molecule has 0 aliphatic rings. The van der Waals surface area contributed by atoms with Crippen LogP contribution in [0.4, 0.5) is 5.69 Å². The zero-order chi connectivity index (χ0) is 11.2. The number of thiazole rings is 1. The molecule has 0 saturated heterocycles. The van der Waals surface area contributed by atoms with Gasteiger partial charge >= 0.3 is 0 Å². The number of rotatable bonds is 5. The Balaban J connectivity index is 1.80. The number of hydrogen-bond donors (Lipinski definition) is 2. The number of para-hydroxylation sites is 1. The Hall–Kier alpha value is -1.39. The lowest BCUT2D eigenvalue weighted by Gasteiger charge is -2.03. The van der Waals surface area contributed by atoms with Crippen LogP contribution < -0.4 is 5.32 Å². The smallest absolute Gasteiger partial charge is 0.118 e. The van der Waals surface area contributed by atoms with Crippen LogP contribution in [0, 0.1) is 0 Å². The normalized spacial score (nSPS) is 10.3. The van der Waals surface area contributed by atoms with Crippen molar-refractivity contribution in [2.24, 2.45) is 0 Å². The van der Waals surface area contributed by atoms with Crippen molar-refractivity contribution in [1.82, 2.24) is 4.98 Å². The molecule has 1 heterocycles. The van der Waals surface area contributed by atoms with E-state index in [4.69, 9.17) is 5.11 Å². The van der Waals surface area contributed by atoms with Gasteiger partial charge in [0, 0.05) is 24.0 Å². The van der Waals surface area contributed by atoms with Gasteiger partial charge in [0.2, 0.25) is 0 Å². The van der Waals surface area contributed by atoms with Crippen molar-refractivity contribution in [1.29, 1.82) is 0 Å². The Morgan fingerprint density at radius 2 is 2.06 bits per heavy atom. The lowest BCUT2D eigenvalue weighted by Crippen LogP contribution is -2.04. The fourth-order valence-corrected chi connectivity index (χ4v) is 2.11. The van der Waals surface area contributed by atoms with E-state index in [1.807, 2.05) is 35.7 Å². The van der Waals surface area contributed by atoms with Crippen molar-refractivity contribution in [2.45, 2.75) is 13.0 Å². The molecule has 0 aliphatic carbocycles. The summed E-state index contributed by atoms with van der Waals surface area (Å²) in [5.74, 6) is 0. The summed E-state index contributed by atoms with van der Waals surface area (Å²) in [4.78, 5) is 4.29. The van der Waals surface area contributed by atoms with Crippen molar-refractivity contribution in [3.8, 4) is 0 Å². The van der Waals surface area contributed by atoms with Crippen molar-refractivity contribution in [3.63, 3.8) is 0 Å². The highest BCUT2D eigenvalue weighted by atomic mass is 32.1. The van der Waals surface area contributed by atoms with Gasteiger partial charge in [-0.2, -0.15) is 0 Å². The number of aliphatic hydroxyl groups excluding tert-OH is 1. The second kappa shape index (κ2) is 5.63. The van der Waals surface area contributed by atoms with Crippen LogP contribution in [0.3, 0.4) is 0 Å². The second-order valence-electron chi connectivity index (χ2n) is 3.43. The van der Waals surface area contributed by atoms with Crippen LogP contribution in [-0.4, -0.2) is 16.6 Å². The topological polar surface area (TPSA) is 45.2 Å². The predicted octanol–water partition coefficient (Wildman–Crippen LogP) is 2.29. The number of anilines is 1. The molecule has 84 valence electrons. The van der Waals surface area contributed by atoms with Gasteiger partial charge in [-0.25, -0.2) is 4.98 Å². The summed E-state index contributed by atoms with van der Waals surface area (Å²) >= 11 is 1.51. The van der Waals surface area contributed by atoms with Gasteiger partial charge in [0.15, 0.2) is 0 Å². The summed E-state index contributed by atoms with van der Waals surface area (Å²) in [6.07, 6.45) is 0.880. The van der Waals surface area contributed by atoms with Gasteiger partial charge in [-0.1, -0.05) is 18.2 Å². The molecule has 2 N–H and O–H groups in total. The highest BCUT2D eigenvalue weighted by Crippen LogP contribution is 2.10. The molecular formula is C12H14N2OS. The zero-order valence-electron chi connectivity index (χ0n) is 8.89. The molecule has 3 nitrogen and oxygen atoms in total. The molecule has 0 atom stereocenters. The molecule has 0 radical (unpaired) electrons. The largest absolute Gasteiger partial charge is 0.389 e. The third-order valence-electron chi connectivity index (χ3n) is 2.22. The van der Waals surface area contributed by atoms with Crippen molar-refractivity contribution in [2.75, 3.05) is 11.9 Å². The van der Waals surface area contributed by atoms with Gasteiger partial charge < -0.3 is 10.4 Å². The number of nitrogens with one attached hydrogen (secondary N) is 1. The minimum atomic E-state index is 0.0385. The summed E-state index contributed by atoms with van der Waals surface area (Å²) in [5, 5.41) is 15.0. The molecule has 4 heteroatoms. The molecular weight excluding hydrogens is 220 g/mol. The van der Waals surface area contributed by atoms with E-state index in [1.165, 1.54) is 11.3 Å². The quantitative estimate of drug-likeness (QED) is 0.834. The van der Waals surface area contributed by atoms with Crippen LogP contribution in [0.25, 0.3) is 0 Å². The van der Waals surface area contributed by atoms with Crippen LogP contribution in [0.5, 0.6) is 0 Å². The first-order valence-corrected chi connectivity index (χ1v) is 6.09. The number of aromatic nitrogens is 1. The second-order valence-corrected chi connectivity index (χ2v) is 4.38. The van der Waals surface area contributed by atoms with E-state index in [0.29, 0.717) is 0 Å². The van der Waals surface area contributed by atoms with Crippen LogP contribution in [0.2, 0.25) is 0 Å². The van der Waals surface area contributed by atoms with Crippen molar-refractivity contribution < 1.29 is 5.11 Å². The monoisotopic (exact) mass is 234 g/mol. The standard InChI is InChI=1S/C12H14N2OS/c15-8-12-14-11(9-16-12)6-7-13-10-4-2-1-3-5-10/h1-5,9,13,15H,6-8H2. The van der Waals surface area contributed by atoms with Gasteiger partial charge in [-0.15, -0.1) is 11.3 Å². The van der Waals surface area contributed by atoms with Gasteiger partial charge in [-0.05, 0) is 12.1 Å². The van der Waals surface area contributed by atoms with E-state index < -0.39 is 0 Å². The van der Waals surface area contributed by atoms with Gasteiger partial charge in [0.1, 0.15) is 5.01 Å². The van der Waals surface area contributed by atoms with Gasteiger partial charge in [0.25, 0.3) is 0 Å². The van der Waals surface area contributed by atoms with E-state index in [9.17, 15) is 0 Å². The molecule has 1 aromatic heterocycles. The minimum absolute atomic E-state index is 0.0385. The molecule has 2 aromatic rings. The molecule has 0 aliphatic heterocycles. The average molecular weight is 234 g/mol. The number of benzene rings is 1. The van der Waals surface area contributed by atoms with E-state index in [2.05, 4.69) is 10.3 Å². The Bertz CT molecular complexity index is 428. The molecule has 0 bridgehead atoms.